The molecule has 0 unspecified atom stereocenters. The van der Waals surface area contributed by atoms with Crippen molar-refractivity contribution in [2.75, 3.05) is 0 Å². The molecule has 5 nitrogen and oxygen atoms in total. The Balaban J connectivity index is 3.40. The van der Waals surface area contributed by atoms with E-state index in [4.69, 9.17) is 5.26 Å². The summed E-state index contributed by atoms with van der Waals surface area (Å²) < 4.78 is 0. The van der Waals surface area contributed by atoms with Gasteiger partial charge < -0.3 is 0 Å². The molecule has 0 aromatic carbocycles. The highest BCUT2D eigenvalue weighted by Crippen LogP contribution is 2.21. The number of aromatic nitrogens is 1. The number of pyridine rings is 1. The molecule has 0 aliphatic heterocycles. The van der Waals surface area contributed by atoms with Gasteiger partial charge >= 0.3 is 5.69 Å². The zero-order chi connectivity index (χ0) is 9.14. The molecule has 0 saturated heterocycles. The normalized spacial score (nSPS) is 9.00. The Morgan fingerprint density at radius 1 is 1.67 bits per heavy atom. The summed E-state index contributed by atoms with van der Waals surface area (Å²) in [5.41, 5.74) is -0.372. The fourth-order valence-corrected chi connectivity index (χ4v) is 0.923. The van der Waals surface area contributed by atoms with Crippen molar-refractivity contribution in [3.63, 3.8) is 0 Å². The van der Waals surface area contributed by atoms with E-state index in [-0.39, 0.29) is 16.1 Å². The third kappa shape index (κ3) is 1.35. The molecule has 1 aromatic heterocycles. The molecule has 1 heterocycles. The molecule has 0 amide bonds. The van der Waals surface area contributed by atoms with Crippen molar-refractivity contribution in [2.24, 2.45) is 0 Å². The maximum Gasteiger partial charge on any atom is 0.306 e. The Hall–Kier alpha value is -1.61. The van der Waals surface area contributed by atoms with E-state index >= 15 is 0 Å². The van der Waals surface area contributed by atoms with Crippen LogP contribution in [0, 0.1) is 21.4 Å². The largest absolute Gasteiger partial charge is 0.306 e. The second kappa shape index (κ2) is 3.19. The van der Waals surface area contributed by atoms with Gasteiger partial charge in [-0.3, -0.25) is 15.1 Å². The molecule has 0 aliphatic rings. The fourth-order valence-electron chi connectivity index (χ4n) is 0.692. The van der Waals surface area contributed by atoms with Crippen LogP contribution < -0.4 is 0 Å². The summed E-state index contributed by atoms with van der Waals surface area (Å²) >= 11 is 3.85. The van der Waals surface area contributed by atoms with E-state index in [0.717, 1.165) is 6.20 Å². The van der Waals surface area contributed by atoms with Gasteiger partial charge in [-0.05, 0) is 0 Å². The van der Waals surface area contributed by atoms with Crippen LogP contribution in [0.1, 0.15) is 5.56 Å². The molecule has 6 heteroatoms. The van der Waals surface area contributed by atoms with Gasteiger partial charge in [0.05, 0.1) is 4.92 Å². The zero-order valence-corrected chi connectivity index (χ0v) is 6.65. The van der Waals surface area contributed by atoms with Crippen molar-refractivity contribution in [1.82, 2.24) is 4.98 Å². The number of nitro groups is 1. The van der Waals surface area contributed by atoms with Crippen LogP contribution in [0.4, 0.5) is 5.69 Å². The summed E-state index contributed by atoms with van der Waals surface area (Å²) in [5.74, 6) is 0. The fraction of sp³-hybridized carbons (Fsp3) is 0. The summed E-state index contributed by atoms with van der Waals surface area (Å²) in [4.78, 5) is 13.4. The molecule has 1 rings (SSSR count). The van der Waals surface area contributed by atoms with Crippen molar-refractivity contribution in [3.05, 3.63) is 28.1 Å². The van der Waals surface area contributed by atoms with E-state index in [1.54, 1.807) is 6.07 Å². The van der Waals surface area contributed by atoms with E-state index in [0.29, 0.717) is 0 Å². The van der Waals surface area contributed by atoms with E-state index < -0.39 is 4.92 Å². The van der Waals surface area contributed by atoms with Gasteiger partial charge in [-0.15, -0.1) is 12.6 Å². The Bertz CT molecular complexity index is 372. The first-order valence-corrected chi connectivity index (χ1v) is 3.33. The molecule has 0 N–H and O–H groups in total. The first kappa shape index (κ1) is 8.49. The van der Waals surface area contributed by atoms with Crippen molar-refractivity contribution < 1.29 is 4.92 Å². The summed E-state index contributed by atoms with van der Waals surface area (Å²) in [6, 6.07) is 1.69. The first-order chi connectivity index (χ1) is 5.66. The summed E-state index contributed by atoms with van der Waals surface area (Å²) in [6.45, 7) is 0. The molecule has 0 bridgehead atoms. The molecular formula is C6H3N3O2S. The van der Waals surface area contributed by atoms with Gasteiger partial charge in [0.25, 0.3) is 0 Å². The zero-order valence-electron chi connectivity index (χ0n) is 5.76. The second-order valence-corrected chi connectivity index (χ2v) is 2.40. The molecule has 0 spiro atoms. The minimum atomic E-state index is -0.661. The summed E-state index contributed by atoms with van der Waals surface area (Å²) in [5, 5.41) is 18.8. The molecule has 12 heavy (non-hydrogen) atoms. The molecule has 1 aromatic rings. The van der Waals surface area contributed by atoms with Gasteiger partial charge in [0, 0.05) is 11.1 Å². The van der Waals surface area contributed by atoms with Crippen molar-refractivity contribution in [2.45, 2.75) is 4.90 Å². The Labute approximate surface area is 73.2 Å². The second-order valence-electron chi connectivity index (χ2n) is 1.92. The monoisotopic (exact) mass is 181 g/mol. The van der Waals surface area contributed by atoms with Crippen LogP contribution in [-0.2, 0) is 0 Å². The Morgan fingerprint density at radius 2 is 2.33 bits per heavy atom. The lowest BCUT2D eigenvalue weighted by Gasteiger charge is -1.94. The number of hydrogen-bond acceptors (Lipinski definition) is 5. The topological polar surface area (TPSA) is 79.8 Å². The molecule has 0 atom stereocenters. The molecule has 0 saturated carbocycles. The lowest BCUT2D eigenvalue weighted by Crippen LogP contribution is -1.94. The average Bonchev–Trinajstić information content (AvgIpc) is 2.03. The average molecular weight is 181 g/mol. The van der Waals surface area contributed by atoms with Gasteiger partial charge in [-0.1, -0.05) is 0 Å². The highest BCUT2D eigenvalue weighted by molar-refractivity contribution is 7.80. The van der Waals surface area contributed by atoms with Crippen LogP contribution in [0.15, 0.2) is 17.3 Å². The standard InChI is InChI=1S/C6H3N3O2S/c7-1-4-5(9(10)11)2-8-3-6(4)12/h2-3,12H. The number of thiol groups is 1. The van der Waals surface area contributed by atoms with Crippen molar-refractivity contribution >= 4 is 18.3 Å². The lowest BCUT2D eigenvalue weighted by molar-refractivity contribution is -0.385. The summed E-state index contributed by atoms with van der Waals surface area (Å²) in [6.07, 6.45) is 2.31. The van der Waals surface area contributed by atoms with Crippen molar-refractivity contribution in [3.8, 4) is 6.07 Å². The smallest absolute Gasteiger partial charge is 0.258 e. The molecule has 60 valence electrons. The number of rotatable bonds is 1. The van der Waals surface area contributed by atoms with Crippen LogP contribution in [-0.4, -0.2) is 9.91 Å². The Morgan fingerprint density at radius 3 is 2.75 bits per heavy atom. The van der Waals surface area contributed by atoms with E-state index in [1.165, 1.54) is 6.20 Å². The van der Waals surface area contributed by atoms with E-state index in [2.05, 4.69) is 17.6 Å². The van der Waals surface area contributed by atoms with Gasteiger partial charge in [-0.2, -0.15) is 5.26 Å². The van der Waals surface area contributed by atoms with Gasteiger partial charge in [0.2, 0.25) is 0 Å². The maximum atomic E-state index is 10.3. The van der Waals surface area contributed by atoms with Crippen LogP contribution in [0.2, 0.25) is 0 Å². The third-order valence-electron chi connectivity index (χ3n) is 1.21. The predicted octanol–water partition coefficient (Wildman–Crippen LogP) is 1.15. The number of nitriles is 1. The van der Waals surface area contributed by atoms with E-state index in [9.17, 15) is 10.1 Å². The minimum Gasteiger partial charge on any atom is -0.258 e. The maximum absolute atomic E-state index is 10.3. The van der Waals surface area contributed by atoms with E-state index in [1.807, 2.05) is 0 Å². The van der Waals surface area contributed by atoms with Crippen LogP contribution in [0.5, 0.6) is 0 Å². The van der Waals surface area contributed by atoms with Gasteiger partial charge in [0.1, 0.15) is 17.8 Å². The Kier molecular flexibility index (Phi) is 2.26. The number of nitrogens with zero attached hydrogens (tertiary/aromatic N) is 3. The van der Waals surface area contributed by atoms with Crippen LogP contribution in [0.3, 0.4) is 0 Å². The molecule has 0 radical (unpaired) electrons. The highest BCUT2D eigenvalue weighted by Gasteiger charge is 2.15. The number of hydrogen-bond donors (Lipinski definition) is 1. The summed E-state index contributed by atoms with van der Waals surface area (Å²) in [7, 11) is 0. The quantitative estimate of drug-likeness (QED) is 0.400. The van der Waals surface area contributed by atoms with Gasteiger partial charge in [0.15, 0.2) is 0 Å². The molecular weight excluding hydrogens is 178 g/mol. The SMILES string of the molecule is N#Cc1c(S)cncc1[N+](=O)[O-]. The lowest BCUT2D eigenvalue weighted by atomic mass is 10.2. The first-order valence-electron chi connectivity index (χ1n) is 2.88. The molecule has 0 aliphatic carbocycles. The van der Waals surface area contributed by atoms with Crippen LogP contribution >= 0.6 is 12.6 Å². The van der Waals surface area contributed by atoms with Crippen molar-refractivity contribution in [1.29, 1.82) is 5.26 Å². The minimum absolute atomic E-state index is 0.0571. The third-order valence-corrected chi connectivity index (χ3v) is 1.55. The predicted molar refractivity (Wildman–Crippen MR) is 42.9 cm³/mol. The van der Waals surface area contributed by atoms with Gasteiger partial charge in [-0.25, -0.2) is 0 Å². The highest BCUT2D eigenvalue weighted by atomic mass is 32.1. The molecule has 0 fully saturated rings. The van der Waals surface area contributed by atoms with Crippen LogP contribution in [0.25, 0.3) is 0 Å².